The summed E-state index contributed by atoms with van der Waals surface area (Å²) in [5.74, 6) is 0.833. The molecular weight excluding hydrogens is 192 g/mol. The number of hydrogen-bond acceptors (Lipinski definition) is 1. The van der Waals surface area contributed by atoms with Crippen molar-refractivity contribution in [1.82, 2.24) is 0 Å². The van der Waals surface area contributed by atoms with E-state index in [-0.39, 0.29) is 0 Å². The predicted molar refractivity (Wildman–Crippen MR) is 55.1 cm³/mol. The van der Waals surface area contributed by atoms with Gasteiger partial charge in [-0.3, -0.25) is 4.21 Å². The lowest BCUT2D eigenvalue weighted by molar-refractivity contribution is 0.326. The minimum absolute atomic E-state index is 0.361. The average molecular weight is 209 g/mol. The van der Waals surface area contributed by atoms with Crippen LogP contribution >= 0.6 is 11.6 Å². The molecule has 1 rings (SSSR count). The highest BCUT2D eigenvalue weighted by Gasteiger charge is 2.33. The van der Waals surface area contributed by atoms with Gasteiger partial charge < -0.3 is 0 Å². The van der Waals surface area contributed by atoms with Gasteiger partial charge in [0.1, 0.15) is 0 Å². The Balaban J connectivity index is 2.35. The van der Waals surface area contributed by atoms with Gasteiger partial charge in [0, 0.05) is 28.2 Å². The van der Waals surface area contributed by atoms with Crippen LogP contribution in [0.2, 0.25) is 0 Å². The SMILES string of the molecule is CS(=O)CCC1(C)CCC(Cl)C1. The van der Waals surface area contributed by atoms with Crippen LogP contribution in [-0.4, -0.2) is 21.6 Å². The molecule has 1 saturated carbocycles. The molecule has 0 heterocycles. The first-order chi connectivity index (χ1) is 5.52. The van der Waals surface area contributed by atoms with Crippen molar-refractivity contribution in [3.05, 3.63) is 0 Å². The molecule has 0 aromatic rings. The van der Waals surface area contributed by atoms with Crippen molar-refractivity contribution >= 4 is 22.4 Å². The monoisotopic (exact) mass is 208 g/mol. The molecule has 72 valence electrons. The maximum Gasteiger partial charge on any atom is 0.0341 e. The van der Waals surface area contributed by atoms with E-state index in [2.05, 4.69) is 6.92 Å². The number of hydrogen-bond donors (Lipinski definition) is 0. The van der Waals surface area contributed by atoms with Crippen LogP contribution < -0.4 is 0 Å². The molecule has 0 aromatic heterocycles. The van der Waals surface area contributed by atoms with Crippen LogP contribution in [0.15, 0.2) is 0 Å². The topological polar surface area (TPSA) is 17.1 Å². The maximum absolute atomic E-state index is 10.9. The zero-order valence-corrected chi connectivity index (χ0v) is 9.38. The molecule has 0 saturated heterocycles. The van der Waals surface area contributed by atoms with E-state index >= 15 is 0 Å². The zero-order valence-electron chi connectivity index (χ0n) is 7.81. The second kappa shape index (κ2) is 4.10. The summed E-state index contributed by atoms with van der Waals surface area (Å²) in [5.41, 5.74) is 0.373. The Hall–Kier alpha value is 0.440. The Bertz CT molecular complexity index is 183. The van der Waals surface area contributed by atoms with Crippen LogP contribution in [0.25, 0.3) is 0 Å². The molecule has 0 N–H and O–H groups in total. The van der Waals surface area contributed by atoms with E-state index in [0.717, 1.165) is 25.0 Å². The van der Waals surface area contributed by atoms with Gasteiger partial charge in [0.25, 0.3) is 0 Å². The standard InChI is InChI=1S/C9H17ClOS/c1-9(5-6-12(2)11)4-3-8(10)7-9/h8H,3-7H2,1-2H3. The quantitative estimate of drug-likeness (QED) is 0.652. The van der Waals surface area contributed by atoms with Crippen LogP contribution in [-0.2, 0) is 10.8 Å². The third-order valence-corrected chi connectivity index (χ3v) is 3.92. The Morgan fingerprint density at radius 1 is 1.67 bits per heavy atom. The van der Waals surface area contributed by atoms with Gasteiger partial charge in [-0.15, -0.1) is 11.6 Å². The first-order valence-corrected chi connectivity index (χ1v) is 6.62. The van der Waals surface area contributed by atoms with Gasteiger partial charge in [-0.1, -0.05) is 6.92 Å². The minimum atomic E-state index is -0.642. The van der Waals surface area contributed by atoms with Crippen molar-refractivity contribution in [2.24, 2.45) is 5.41 Å². The smallest absolute Gasteiger partial charge is 0.0341 e. The van der Waals surface area contributed by atoms with Gasteiger partial charge in [0.15, 0.2) is 0 Å². The average Bonchev–Trinajstić information content (AvgIpc) is 2.29. The molecule has 0 aliphatic heterocycles. The Morgan fingerprint density at radius 3 is 2.75 bits per heavy atom. The second-order valence-electron chi connectivity index (χ2n) is 4.18. The van der Waals surface area contributed by atoms with E-state index in [0.29, 0.717) is 10.8 Å². The molecule has 0 amide bonds. The van der Waals surface area contributed by atoms with Crippen LogP contribution in [0, 0.1) is 5.41 Å². The molecule has 0 bridgehead atoms. The van der Waals surface area contributed by atoms with Crippen LogP contribution in [0.4, 0.5) is 0 Å². The van der Waals surface area contributed by atoms with E-state index in [9.17, 15) is 4.21 Å². The van der Waals surface area contributed by atoms with Gasteiger partial charge in [-0.2, -0.15) is 0 Å². The molecule has 12 heavy (non-hydrogen) atoms. The van der Waals surface area contributed by atoms with E-state index in [1.807, 2.05) is 0 Å². The van der Waals surface area contributed by atoms with Gasteiger partial charge >= 0.3 is 0 Å². The fourth-order valence-corrected chi connectivity index (χ4v) is 3.12. The van der Waals surface area contributed by atoms with E-state index in [4.69, 9.17) is 11.6 Å². The summed E-state index contributed by atoms with van der Waals surface area (Å²) in [7, 11) is -0.642. The normalized spacial score (nSPS) is 38.4. The van der Waals surface area contributed by atoms with Crippen molar-refractivity contribution in [1.29, 1.82) is 0 Å². The van der Waals surface area contributed by atoms with Crippen molar-refractivity contribution in [3.8, 4) is 0 Å². The summed E-state index contributed by atoms with van der Waals surface area (Å²) in [6, 6.07) is 0. The summed E-state index contributed by atoms with van der Waals surface area (Å²) in [5, 5.41) is 0.361. The highest BCUT2D eigenvalue weighted by Crippen LogP contribution is 2.42. The highest BCUT2D eigenvalue weighted by molar-refractivity contribution is 7.84. The zero-order chi connectivity index (χ0) is 9.19. The second-order valence-corrected chi connectivity index (χ2v) is 6.35. The third-order valence-electron chi connectivity index (χ3n) is 2.77. The molecule has 0 aromatic carbocycles. The number of halogens is 1. The van der Waals surface area contributed by atoms with E-state index in [1.165, 1.54) is 6.42 Å². The number of alkyl halides is 1. The lowest BCUT2D eigenvalue weighted by Crippen LogP contribution is -2.15. The molecule has 3 unspecified atom stereocenters. The Labute approximate surface area is 82.3 Å². The van der Waals surface area contributed by atoms with E-state index < -0.39 is 10.8 Å². The van der Waals surface area contributed by atoms with Crippen LogP contribution in [0.5, 0.6) is 0 Å². The molecule has 3 atom stereocenters. The highest BCUT2D eigenvalue weighted by atomic mass is 35.5. The van der Waals surface area contributed by atoms with Crippen LogP contribution in [0.3, 0.4) is 0 Å². The van der Waals surface area contributed by atoms with Crippen molar-refractivity contribution < 1.29 is 4.21 Å². The third kappa shape index (κ3) is 3.06. The predicted octanol–water partition coefficient (Wildman–Crippen LogP) is 2.55. The summed E-state index contributed by atoms with van der Waals surface area (Å²) in [6.07, 6.45) is 6.29. The Morgan fingerprint density at radius 2 is 2.33 bits per heavy atom. The minimum Gasteiger partial charge on any atom is -0.260 e. The largest absolute Gasteiger partial charge is 0.260 e. The fraction of sp³-hybridized carbons (Fsp3) is 1.00. The molecule has 1 nitrogen and oxygen atoms in total. The molecular formula is C9H17ClOS. The molecule has 0 radical (unpaired) electrons. The van der Waals surface area contributed by atoms with Crippen molar-refractivity contribution in [3.63, 3.8) is 0 Å². The Kier molecular flexibility index (Phi) is 3.59. The summed E-state index contributed by atoms with van der Waals surface area (Å²) in [6.45, 7) is 2.27. The summed E-state index contributed by atoms with van der Waals surface area (Å²) < 4.78 is 10.9. The lowest BCUT2D eigenvalue weighted by atomic mass is 9.86. The molecule has 1 aliphatic rings. The molecule has 3 heteroatoms. The lowest BCUT2D eigenvalue weighted by Gasteiger charge is -2.22. The van der Waals surface area contributed by atoms with Gasteiger partial charge in [0.05, 0.1) is 0 Å². The van der Waals surface area contributed by atoms with Gasteiger partial charge in [-0.05, 0) is 31.1 Å². The molecule has 1 fully saturated rings. The number of rotatable bonds is 3. The van der Waals surface area contributed by atoms with E-state index in [1.54, 1.807) is 6.26 Å². The first kappa shape index (κ1) is 10.5. The fourth-order valence-electron chi connectivity index (χ4n) is 1.86. The summed E-state index contributed by atoms with van der Waals surface area (Å²) >= 11 is 6.04. The van der Waals surface area contributed by atoms with Gasteiger partial charge in [-0.25, -0.2) is 0 Å². The van der Waals surface area contributed by atoms with Crippen molar-refractivity contribution in [2.75, 3.05) is 12.0 Å². The van der Waals surface area contributed by atoms with Crippen LogP contribution in [0.1, 0.15) is 32.6 Å². The first-order valence-electron chi connectivity index (χ1n) is 4.46. The molecule has 1 aliphatic carbocycles. The van der Waals surface area contributed by atoms with Crippen molar-refractivity contribution in [2.45, 2.75) is 38.0 Å². The maximum atomic E-state index is 10.9. The summed E-state index contributed by atoms with van der Waals surface area (Å²) in [4.78, 5) is 0. The van der Waals surface area contributed by atoms with Gasteiger partial charge in [0.2, 0.25) is 0 Å². The molecule has 0 spiro atoms.